The van der Waals surface area contributed by atoms with Crippen LogP contribution in [0.5, 0.6) is 5.88 Å². The van der Waals surface area contributed by atoms with Gasteiger partial charge in [-0.05, 0) is 35.8 Å². The average Bonchev–Trinajstić information content (AvgIpc) is 2.75. The highest BCUT2D eigenvalue weighted by atomic mass is 79.9. The van der Waals surface area contributed by atoms with E-state index in [1.165, 1.54) is 0 Å². The van der Waals surface area contributed by atoms with Gasteiger partial charge in [-0.25, -0.2) is 4.98 Å². The van der Waals surface area contributed by atoms with Gasteiger partial charge in [0.25, 0.3) is 0 Å². The molecule has 0 unspecified atom stereocenters. The average molecular weight is 308 g/mol. The molecule has 0 saturated carbocycles. The van der Waals surface area contributed by atoms with Crippen LogP contribution in [0.25, 0.3) is 0 Å². The first kappa shape index (κ1) is 12.6. The highest BCUT2D eigenvalue weighted by Crippen LogP contribution is 2.25. The molecule has 2 aromatic heterocycles. The molecule has 0 N–H and O–H groups in total. The van der Waals surface area contributed by atoms with Crippen LogP contribution in [0.3, 0.4) is 0 Å². The lowest BCUT2D eigenvalue weighted by atomic mass is 10.2. The zero-order chi connectivity index (χ0) is 13.1. The summed E-state index contributed by atoms with van der Waals surface area (Å²) in [6, 6.07) is 5.55. The van der Waals surface area contributed by atoms with Crippen LogP contribution in [-0.2, 0) is 6.61 Å². The van der Waals surface area contributed by atoms with Gasteiger partial charge in [-0.3, -0.25) is 0 Å². The van der Waals surface area contributed by atoms with Crippen molar-refractivity contribution in [3.05, 3.63) is 39.3 Å². The molecule has 0 aliphatic carbocycles. The SMILES string of the molecule is Cc1cc(COc2nc(C)c(C#N)cc2Br)no1. The lowest BCUT2D eigenvalue weighted by Crippen LogP contribution is -2.00. The van der Waals surface area contributed by atoms with Gasteiger partial charge in [0.15, 0.2) is 0 Å². The molecule has 6 heteroatoms. The maximum absolute atomic E-state index is 8.87. The molecular formula is C12H10BrN3O2. The first-order valence-corrected chi connectivity index (χ1v) is 6.01. The van der Waals surface area contributed by atoms with E-state index in [1.807, 2.05) is 6.92 Å². The number of nitrogens with zero attached hydrogens (tertiary/aromatic N) is 3. The second-order valence-electron chi connectivity index (χ2n) is 3.74. The van der Waals surface area contributed by atoms with Crippen molar-refractivity contribution in [1.82, 2.24) is 10.1 Å². The number of aromatic nitrogens is 2. The molecule has 0 aliphatic rings. The van der Waals surface area contributed by atoms with E-state index < -0.39 is 0 Å². The quantitative estimate of drug-likeness (QED) is 0.871. The Morgan fingerprint density at radius 2 is 2.22 bits per heavy atom. The van der Waals surface area contributed by atoms with Crippen molar-refractivity contribution in [2.45, 2.75) is 20.5 Å². The molecule has 0 bridgehead atoms. The van der Waals surface area contributed by atoms with Gasteiger partial charge in [0.2, 0.25) is 5.88 Å². The van der Waals surface area contributed by atoms with Gasteiger partial charge in [0.05, 0.1) is 15.7 Å². The first-order valence-electron chi connectivity index (χ1n) is 5.22. The number of ether oxygens (including phenoxy) is 1. The van der Waals surface area contributed by atoms with Gasteiger partial charge in [0, 0.05) is 6.07 Å². The molecule has 0 spiro atoms. The molecule has 0 amide bonds. The van der Waals surface area contributed by atoms with Crippen molar-refractivity contribution in [3.63, 3.8) is 0 Å². The molecular weight excluding hydrogens is 298 g/mol. The topological polar surface area (TPSA) is 71.9 Å². The fraction of sp³-hybridized carbons (Fsp3) is 0.250. The van der Waals surface area contributed by atoms with Crippen LogP contribution < -0.4 is 4.74 Å². The fourth-order valence-electron chi connectivity index (χ4n) is 1.40. The number of hydrogen-bond acceptors (Lipinski definition) is 5. The van der Waals surface area contributed by atoms with Crippen molar-refractivity contribution < 1.29 is 9.26 Å². The third-order valence-corrected chi connectivity index (χ3v) is 2.86. The highest BCUT2D eigenvalue weighted by Gasteiger charge is 2.09. The van der Waals surface area contributed by atoms with Gasteiger partial charge < -0.3 is 9.26 Å². The number of aryl methyl sites for hydroxylation is 2. The van der Waals surface area contributed by atoms with E-state index in [0.29, 0.717) is 27.3 Å². The summed E-state index contributed by atoms with van der Waals surface area (Å²) in [5, 5.41) is 12.7. The van der Waals surface area contributed by atoms with Gasteiger partial charge in [-0.2, -0.15) is 5.26 Å². The molecule has 0 saturated heterocycles. The number of pyridine rings is 1. The normalized spacial score (nSPS) is 10.1. The Hall–Kier alpha value is -1.87. The predicted octanol–water partition coefficient (Wildman–Crippen LogP) is 2.90. The summed E-state index contributed by atoms with van der Waals surface area (Å²) in [6.45, 7) is 3.85. The standard InChI is InChI=1S/C12H10BrN3O2/c1-7-3-10(16-18-7)6-17-12-11(13)4-9(5-14)8(2)15-12/h3-4H,6H2,1-2H3. The third-order valence-electron chi connectivity index (χ3n) is 2.29. The zero-order valence-electron chi connectivity index (χ0n) is 9.90. The molecule has 5 nitrogen and oxygen atoms in total. The molecule has 2 rings (SSSR count). The number of nitriles is 1. The largest absolute Gasteiger partial charge is 0.470 e. The lowest BCUT2D eigenvalue weighted by Gasteiger charge is -2.07. The van der Waals surface area contributed by atoms with E-state index in [4.69, 9.17) is 14.5 Å². The zero-order valence-corrected chi connectivity index (χ0v) is 11.5. The summed E-state index contributed by atoms with van der Waals surface area (Å²) >= 11 is 3.32. The summed E-state index contributed by atoms with van der Waals surface area (Å²) in [5.74, 6) is 1.17. The van der Waals surface area contributed by atoms with Gasteiger partial charge >= 0.3 is 0 Å². The van der Waals surface area contributed by atoms with E-state index in [1.54, 1.807) is 19.1 Å². The van der Waals surface area contributed by atoms with E-state index >= 15 is 0 Å². The minimum atomic E-state index is 0.272. The van der Waals surface area contributed by atoms with Gasteiger partial charge in [-0.15, -0.1) is 0 Å². The van der Waals surface area contributed by atoms with Crippen LogP contribution >= 0.6 is 15.9 Å². The highest BCUT2D eigenvalue weighted by molar-refractivity contribution is 9.10. The predicted molar refractivity (Wildman–Crippen MR) is 67.0 cm³/mol. The molecule has 18 heavy (non-hydrogen) atoms. The minimum Gasteiger partial charge on any atom is -0.470 e. The molecule has 0 radical (unpaired) electrons. The molecule has 0 aromatic carbocycles. The minimum absolute atomic E-state index is 0.272. The van der Waals surface area contributed by atoms with Crippen LogP contribution in [0.15, 0.2) is 21.1 Å². The molecule has 0 aliphatic heterocycles. The Bertz CT molecular complexity index is 616. The van der Waals surface area contributed by atoms with Crippen LogP contribution in [0.4, 0.5) is 0 Å². The van der Waals surface area contributed by atoms with Crippen molar-refractivity contribution in [1.29, 1.82) is 5.26 Å². The summed E-state index contributed by atoms with van der Waals surface area (Å²) in [7, 11) is 0. The van der Waals surface area contributed by atoms with E-state index in [9.17, 15) is 0 Å². The third kappa shape index (κ3) is 2.68. The van der Waals surface area contributed by atoms with Crippen molar-refractivity contribution in [3.8, 4) is 11.9 Å². The summed E-state index contributed by atoms with van der Waals surface area (Å²) in [5.41, 5.74) is 1.85. The molecule has 0 atom stereocenters. The van der Waals surface area contributed by atoms with Gasteiger partial charge in [0.1, 0.15) is 24.1 Å². The second kappa shape index (κ2) is 5.19. The van der Waals surface area contributed by atoms with Crippen LogP contribution in [-0.4, -0.2) is 10.1 Å². The summed E-state index contributed by atoms with van der Waals surface area (Å²) in [4.78, 5) is 4.22. The summed E-state index contributed by atoms with van der Waals surface area (Å²) in [6.07, 6.45) is 0. The van der Waals surface area contributed by atoms with E-state index in [2.05, 4.69) is 32.1 Å². The van der Waals surface area contributed by atoms with Crippen LogP contribution in [0, 0.1) is 25.2 Å². The van der Waals surface area contributed by atoms with Gasteiger partial charge in [-0.1, -0.05) is 5.16 Å². The molecule has 92 valence electrons. The molecule has 2 aromatic rings. The second-order valence-corrected chi connectivity index (χ2v) is 4.59. The van der Waals surface area contributed by atoms with Crippen LogP contribution in [0.1, 0.15) is 22.7 Å². The Kier molecular flexibility index (Phi) is 3.63. The Balaban J connectivity index is 2.15. The summed E-state index contributed by atoms with van der Waals surface area (Å²) < 4.78 is 11.1. The lowest BCUT2D eigenvalue weighted by molar-refractivity contribution is 0.275. The van der Waals surface area contributed by atoms with Crippen molar-refractivity contribution in [2.75, 3.05) is 0 Å². The van der Waals surface area contributed by atoms with Crippen LogP contribution in [0.2, 0.25) is 0 Å². The van der Waals surface area contributed by atoms with Crippen molar-refractivity contribution >= 4 is 15.9 Å². The Labute approximate surface area is 113 Å². The Morgan fingerprint density at radius 1 is 1.44 bits per heavy atom. The number of rotatable bonds is 3. The first-order chi connectivity index (χ1) is 8.60. The smallest absolute Gasteiger partial charge is 0.228 e. The van der Waals surface area contributed by atoms with E-state index in [0.717, 1.165) is 5.76 Å². The van der Waals surface area contributed by atoms with Crippen molar-refractivity contribution in [2.24, 2.45) is 0 Å². The molecule has 2 heterocycles. The number of halogens is 1. The monoisotopic (exact) mass is 307 g/mol. The Morgan fingerprint density at radius 3 is 2.83 bits per heavy atom. The maximum Gasteiger partial charge on any atom is 0.228 e. The number of hydrogen-bond donors (Lipinski definition) is 0. The fourth-order valence-corrected chi connectivity index (χ4v) is 1.83. The van der Waals surface area contributed by atoms with E-state index in [-0.39, 0.29) is 6.61 Å². The molecule has 0 fully saturated rings. The maximum atomic E-state index is 8.87.